The van der Waals surface area contributed by atoms with Gasteiger partial charge in [-0.1, -0.05) is 0 Å². The molecular formula is C16H15N7O2. The first-order valence-corrected chi connectivity index (χ1v) is 7.91. The van der Waals surface area contributed by atoms with Crippen molar-refractivity contribution in [2.45, 2.75) is 25.8 Å². The molecule has 1 amide bonds. The molecule has 0 atom stereocenters. The molecule has 0 spiro atoms. The van der Waals surface area contributed by atoms with Crippen molar-refractivity contribution in [2.75, 3.05) is 0 Å². The van der Waals surface area contributed by atoms with Crippen molar-refractivity contribution in [3.05, 3.63) is 57.7 Å². The van der Waals surface area contributed by atoms with Crippen LogP contribution in [-0.2, 0) is 19.4 Å². The number of pyridine rings is 1. The minimum atomic E-state index is -0.437. The molecule has 0 aliphatic heterocycles. The van der Waals surface area contributed by atoms with Crippen LogP contribution < -0.4 is 10.9 Å². The topological polar surface area (TPSA) is 129 Å². The van der Waals surface area contributed by atoms with Gasteiger partial charge in [0, 0.05) is 18.1 Å². The van der Waals surface area contributed by atoms with Gasteiger partial charge in [-0.25, -0.2) is 9.97 Å². The molecule has 3 aromatic heterocycles. The fourth-order valence-electron chi connectivity index (χ4n) is 2.84. The number of nitrogens with zero attached hydrogens (tertiary/aromatic N) is 4. The van der Waals surface area contributed by atoms with Crippen LogP contribution in [0.5, 0.6) is 0 Å². The van der Waals surface area contributed by atoms with Crippen LogP contribution in [0.3, 0.4) is 0 Å². The van der Waals surface area contributed by atoms with E-state index in [1.807, 2.05) is 0 Å². The molecule has 3 N–H and O–H groups in total. The van der Waals surface area contributed by atoms with Gasteiger partial charge in [-0.15, -0.1) is 0 Å². The summed E-state index contributed by atoms with van der Waals surface area (Å²) in [6.07, 6.45) is 7.40. The van der Waals surface area contributed by atoms with Gasteiger partial charge in [0.25, 0.3) is 11.5 Å². The van der Waals surface area contributed by atoms with E-state index in [0.29, 0.717) is 17.3 Å². The van der Waals surface area contributed by atoms with Crippen molar-refractivity contribution >= 4 is 5.91 Å². The molecule has 0 saturated heterocycles. The lowest BCUT2D eigenvalue weighted by Crippen LogP contribution is -2.30. The quantitative estimate of drug-likeness (QED) is 0.631. The van der Waals surface area contributed by atoms with Crippen LogP contribution >= 0.6 is 0 Å². The van der Waals surface area contributed by atoms with Gasteiger partial charge in [0.15, 0.2) is 0 Å². The van der Waals surface area contributed by atoms with Crippen LogP contribution in [0.25, 0.3) is 11.5 Å². The predicted molar refractivity (Wildman–Crippen MR) is 87.7 cm³/mol. The van der Waals surface area contributed by atoms with Crippen molar-refractivity contribution in [1.82, 2.24) is 35.5 Å². The molecule has 126 valence electrons. The standard InChI is InChI=1S/C16H15N7O2/c24-15(10-6-9-2-1-3-11(9)20-16(10)25)19-8-13-21-14(23-22-13)12-7-17-4-5-18-12/h4-7H,1-3,8H2,(H,19,24)(H,20,25)(H,21,22,23). The zero-order valence-electron chi connectivity index (χ0n) is 13.2. The Labute approximate surface area is 142 Å². The molecule has 9 nitrogen and oxygen atoms in total. The number of nitrogens with one attached hydrogen (secondary N) is 3. The van der Waals surface area contributed by atoms with E-state index < -0.39 is 5.91 Å². The number of hydrogen-bond acceptors (Lipinski definition) is 6. The normalized spacial score (nSPS) is 12.8. The van der Waals surface area contributed by atoms with E-state index in [-0.39, 0.29) is 17.7 Å². The van der Waals surface area contributed by atoms with Crippen LogP contribution in [0.15, 0.2) is 29.5 Å². The third-order valence-electron chi connectivity index (χ3n) is 4.07. The van der Waals surface area contributed by atoms with Gasteiger partial charge in [-0.3, -0.25) is 19.7 Å². The second-order valence-corrected chi connectivity index (χ2v) is 5.75. The molecule has 0 bridgehead atoms. The second kappa shape index (κ2) is 6.27. The lowest BCUT2D eigenvalue weighted by molar-refractivity contribution is 0.0948. The molecule has 3 aromatic rings. The molecule has 4 rings (SSSR count). The summed E-state index contributed by atoms with van der Waals surface area (Å²) in [7, 11) is 0. The van der Waals surface area contributed by atoms with Crippen LogP contribution in [0.2, 0.25) is 0 Å². The molecule has 1 aliphatic rings. The highest BCUT2D eigenvalue weighted by Gasteiger charge is 2.18. The summed E-state index contributed by atoms with van der Waals surface area (Å²) in [6.45, 7) is 0.128. The Morgan fingerprint density at radius 3 is 3.04 bits per heavy atom. The van der Waals surface area contributed by atoms with Crippen molar-refractivity contribution in [2.24, 2.45) is 0 Å². The number of carbonyl (C=O) groups is 1. The third-order valence-corrected chi connectivity index (χ3v) is 4.07. The minimum Gasteiger partial charge on any atom is -0.345 e. The van der Waals surface area contributed by atoms with Gasteiger partial charge in [0.2, 0.25) is 5.82 Å². The summed E-state index contributed by atoms with van der Waals surface area (Å²) in [5.74, 6) is 0.424. The number of aryl methyl sites for hydroxylation is 2. The van der Waals surface area contributed by atoms with Crippen LogP contribution in [0.4, 0.5) is 0 Å². The van der Waals surface area contributed by atoms with Crippen LogP contribution in [-0.4, -0.2) is 36.0 Å². The Morgan fingerprint density at radius 2 is 2.20 bits per heavy atom. The number of aromatic nitrogens is 6. The van der Waals surface area contributed by atoms with E-state index in [2.05, 4.69) is 35.5 Å². The number of rotatable bonds is 4. The minimum absolute atomic E-state index is 0.120. The SMILES string of the molecule is O=C(NCc1nc(-c2cnccn2)n[nH]1)c1cc2c([nH]c1=O)CCC2. The molecule has 1 aliphatic carbocycles. The maximum atomic E-state index is 12.3. The lowest BCUT2D eigenvalue weighted by Gasteiger charge is -2.05. The van der Waals surface area contributed by atoms with E-state index >= 15 is 0 Å². The highest BCUT2D eigenvalue weighted by molar-refractivity contribution is 5.94. The van der Waals surface area contributed by atoms with E-state index in [4.69, 9.17) is 0 Å². The number of hydrogen-bond donors (Lipinski definition) is 3. The summed E-state index contributed by atoms with van der Waals surface area (Å²) in [5.41, 5.74) is 2.26. The fraction of sp³-hybridized carbons (Fsp3) is 0.250. The highest BCUT2D eigenvalue weighted by Crippen LogP contribution is 2.18. The number of fused-ring (bicyclic) bond motifs is 1. The highest BCUT2D eigenvalue weighted by atomic mass is 16.2. The van der Waals surface area contributed by atoms with Crippen molar-refractivity contribution in [3.63, 3.8) is 0 Å². The molecule has 0 radical (unpaired) electrons. The third kappa shape index (κ3) is 3.03. The number of carbonyl (C=O) groups excluding carboxylic acids is 1. The van der Waals surface area contributed by atoms with Crippen LogP contribution in [0.1, 0.15) is 33.9 Å². The first-order valence-electron chi connectivity index (χ1n) is 7.91. The number of aromatic amines is 2. The summed E-state index contributed by atoms with van der Waals surface area (Å²) in [6, 6.07) is 1.68. The van der Waals surface area contributed by atoms with E-state index in [9.17, 15) is 9.59 Å². The summed E-state index contributed by atoms with van der Waals surface area (Å²) >= 11 is 0. The maximum absolute atomic E-state index is 12.3. The summed E-state index contributed by atoms with van der Waals surface area (Å²) < 4.78 is 0. The van der Waals surface area contributed by atoms with Gasteiger partial charge in [0.05, 0.1) is 12.7 Å². The van der Waals surface area contributed by atoms with Gasteiger partial charge < -0.3 is 10.3 Å². The van der Waals surface area contributed by atoms with E-state index in [0.717, 1.165) is 30.5 Å². The van der Waals surface area contributed by atoms with Gasteiger partial charge >= 0.3 is 0 Å². The number of amides is 1. The summed E-state index contributed by atoms with van der Waals surface area (Å²) in [4.78, 5) is 39.5. The van der Waals surface area contributed by atoms with Crippen LogP contribution in [0, 0.1) is 0 Å². The lowest BCUT2D eigenvalue weighted by atomic mass is 10.1. The molecule has 25 heavy (non-hydrogen) atoms. The molecular weight excluding hydrogens is 322 g/mol. The second-order valence-electron chi connectivity index (χ2n) is 5.75. The zero-order chi connectivity index (χ0) is 17.2. The van der Waals surface area contributed by atoms with Crippen molar-refractivity contribution < 1.29 is 4.79 Å². The average Bonchev–Trinajstić information content (AvgIpc) is 3.28. The Kier molecular flexibility index (Phi) is 3.81. The Morgan fingerprint density at radius 1 is 1.28 bits per heavy atom. The van der Waals surface area contributed by atoms with Crippen molar-refractivity contribution in [1.29, 1.82) is 0 Å². The van der Waals surface area contributed by atoms with Crippen molar-refractivity contribution in [3.8, 4) is 11.5 Å². The van der Waals surface area contributed by atoms with Gasteiger partial charge in [-0.2, -0.15) is 5.10 Å². The Hall–Kier alpha value is -3.36. The van der Waals surface area contributed by atoms with E-state index in [1.165, 1.54) is 0 Å². The predicted octanol–water partition coefficient (Wildman–Crippen LogP) is 0.369. The molecule has 0 aromatic carbocycles. The molecule has 0 saturated carbocycles. The Bertz CT molecular complexity index is 978. The number of H-pyrrole nitrogens is 2. The zero-order valence-corrected chi connectivity index (χ0v) is 13.2. The van der Waals surface area contributed by atoms with Gasteiger partial charge in [-0.05, 0) is 30.9 Å². The Balaban J connectivity index is 1.46. The fourth-order valence-corrected chi connectivity index (χ4v) is 2.84. The smallest absolute Gasteiger partial charge is 0.261 e. The molecule has 3 heterocycles. The molecule has 9 heteroatoms. The largest absolute Gasteiger partial charge is 0.345 e. The molecule has 0 fully saturated rings. The summed E-state index contributed by atoms with van der Waals surface area (Å²) in [5, 5.41) is 9.47. The average molecular weight is 337 g/mol. The van der Waals surface area contributed by atoms with E-state index in [1.54, 1.807) is 24.7 Å². The van der Waals surface area contributed by atoms with Gasteiger partial charge in [0.1, 0.15) is 17.1 Å². The maximum Gasteiger partial charge on any atom is 0.261 e. The first kappa shape index (κ1) is 15.2. The monoisotopic (exact) mass is 337 g/mol. The molecule has 0 unspecified atom stereocenters. The first-order chi connectivity index (χ1) is 12.2.